The van der Waals surface area contributed by atoms with E-state index in [9.17, 15) is 9.90 Å². The largest absolute Gasteiger partial charge is 0.487 e. The molecule has 1 rings (SSSR count). The van der Waals surface area contributed by atoms with Crippen molar-refractivity contribution in [1.29, 1.82) is 0 Å². The number of aliphatic hydroxyl groups is 1. The smallest absolute Gasteiger partial charge is 0.245 e. The maximum atomic E-state index is 11.7. The van der Waals surface area contributed by atoms with Gasteiger partial charge in [-0.2, -0.15) is 0 Å². The predicted molar refractivity (Wildman–Crippen MR) is 61.6 cm³/mol. The first-order chi connectivity index (χ1) is 7.43. The van der Waals surface area contributed by atoms with Gasteiger partial charge in [-0.05, 0) is 27.2 Å². The number of rotatable bonds is 3. The number of ether oxygens (including phenoxy) is 1. The molecule has 16 heavy (non-hydrogen) atoms. The Labute approximate surface area is 96.5 Å². The highest BCUT2D eigenvalue weighted by atomic mass is 16.5. The average Bonchev–Trinajstić information content (AvgIpc) is 2.24. The summed E-state index contributed by atoms with van der Waals surface area (Å²) >= 11 is 0. The van der Waals surface area contributed by atoms with E-state index in [4.69, 9.17) is 4.74 Å². The van der Waals surface area contributed by atoms with Crippen LogP contribution in [0.25, 0.3) is 0 Å². The van der Waals surface area contributed by atoms with E-state index in [1.807, 2.05) is 20.8 Å². The van der Waals surface area contributed by atoms with Crippen molar-refractivity contribution in [3.8, 4) is 11.8 Å². The molecule has 0 aromatic carbocycles. The van der Waals surface area contributed by atoms with E-state index >= 15 is 0 Å². The van der Waals surface area contributed by atoms with Crippen molar-refractivity contribution in [3.63, 3.8) is 0 Å². The van der Waals surface area contributed by atoms with Crippen molar-refractivity contribution in [3.05, 3.63) is 11.3 Å². The van der Waals surface area contributed by atoms with Crippen molar-refractivity contribution >= 4 is 5.78 Å². The van der Waals surface area contributed by atoms with Crippen LogP contribution >= 0.6 is 0 Å². The molecule has 0 spiro atoms. The number of ketones is 1. The predicted octanol–water partition coefficient (Wildman–Crippen LogP) is 1.80. The standard InChI is InChI=1S/C13H18O3/c1-5-6-7-8-13(15)10(4)11(12(13)14)16-9(2)3/h9,15H,5-6H2,1-4H3. The Morgan fingerprint density at radius 2 is 2.12 bits per heavy atom. The van der Waals surface area contributed by atoms with E-state index in [1.165, 1.54) is 0 Å². The highest BCUT2D eigenvalue weighted by molar-refractivity contribution is 6.13. The Hall–Kier alpha value is -1.27. The van der Waals surface area contributed by atoms with Gasteiger partial charge in [0, 0.05) is 12.0 Å². The third kappa shape index (κ3) is 2.12. The second-order valence-electron chi connectivity index (χ2n) is 4.21. The summed E-state index contributed by atoms with van der Waals surface area (Å²) in [5.41, 5.74) is -1.07. The van der Waals surface area contributed by atoms with Crippen LogP contribution in [0, 0.1) is 11.8 Å². The van der Waals surface area contributed by atoms with E-state index in [2.05, 4.69) is 11.8 Å². The van der Waals surface area contributed by atoms with Gasteiger partial charge >= 0.3 is 0 Å². The first-order valence-corrected chi connectivity index (χ1v) is 5.58. The van der Waals surface area contributed by atoms with Crippen LogP contribution in [0.4, 0.5) is 0 Å². The van der Waals surface area contributed by atoms with E-state index in [0.29, 0.717) is 12.0 Å². The Kier molecular flexibility index (Phi) is 3.77. The lowest BCUT2D eigenvalue weighted by Gasteiger charge is -2.34. The molecule has 1 aliphatic rings. The molecule has 1 atom stereocenters. The molecule has 3 nitrogen and oxygen atoms in total. The van der Waals surface area contributed by atoms with Crippen molar-refractivity contribution in [1.82, 2.24) is 0 Å². The van der Waals surface area contributed by atoms with Gasteiger partial charge in [0.05, 0.1) is 6.10 Å². The summed E-state index contributed by atoms with van der Waals surface area (Å²) in [5, 5.41) is 10.00. The van der Waals surface area contributed by atoms with Crippen LogP contribution in [-0.2, 0) is 9.53 Å². The molecule has 0 aliphatic heterocycles. The minimum atomic E-state index is -1.60. The zero-order valence-corrected chi connectivity index (χ0v) is 10.3. The lowest BCUT2D eigenvalue weighted by molar-refractivity contribution is -0.135. The lowest BCUT2D eigenvalue weighted by atomic mass is 9.78. The van der Waals surface area contributed by atoms with Gasteiger partial charge in [0.15, 0.2) is 5.76 Å². The summed E-state index contributed by atoms with van der Waals surface area (Å²) in [6.07, 6.45) is 1.53. The lowest BCUT2D eigenvalue weighted by Crippen LogP contribution is -2.50. The number of Topliss-reactive ketones (excluding diaryl/α,β-unsaturated/α-hetero) is 1. The van der Waals surface area contributed by atoms with Crippen LogP contribution in [0.15, 0.2) is 11.3 Å². The van der Waals surface area contributed by atoms with E-state index in [-0.39, 0.29) is 11.9 Å². The molecular formula is C13H18O3. The third-order valence-corrected chi connectivity index (χ3v) is 2.42. The summed E-state index contributed by atoms with van der Waals surface area (Å²) in [5.74, 6) is 5.27. The molecular weight excluding hydrogens is 204 g/mol. The Morgan fingerprint density at radius 1 is 1.50 bits per heavy atom. The maximum Gasteiger partial charge on any atom is 0.245 e. The topological polar surface area (TPSA) is 46.5 Å². The van der Waals surface area contributed by atoms with Crippen LogP contribution in [0.2, 0.25) is 0 Å². The molecule has 0 fully saturated rings. The second kappa shape index (κ2) is 4.71. The van der Waals surface area contributed by atoms with Gasteiger partial charge in [0.2, 0.25) is 11.4 Å². The molecule has 0 saturated carbocycles. The summed E-state index contributed by atoms with van der Waals surface area (Å²) < 4.78 is 5.31. The highest BCUT2D eigenvalue weighted by Crippen LogP contribution is 2.35. The number of hydrogen-bond acceptors (Lipinski definition) is 3. The van der Waals surface area contributed by atoms with E-state index in [1.54, 1.807) is 6.92 Å². The van der Waals surface area contributed by atoms with Crippen molar-refractivity contribution in [2.75, 3.05) is 0 Å². The fourth-order valence-electron chi connectivity index (χ4n) is 1.45. The molecule has 0 bridgehead atoms. The third-order valence-electron chi connectivity index (χ3n) is 2.42. The Balaban J connectivity index is 2.85. The van der Waals surface area contributed by atoms with Gasteiger partial charge in [-0.15, -0.1) is 0 Å². The van der Waals surface area contributed by atoms with Crippen LogP contribution in [0.3, 0.4) is 0 Å². The minimum Gasteiger partial charge on any atom is -0.487 e. The van der Waals surface area contributed by atoms with Gasteiger partial charge in [-0.25, -0.2) is 0 Å². The molecule has 1 unspecified atom stereocenters. The van der Waals surface area contributed by atoms with Gasteiger partial charge < -0.3 is 9.84 Å². The fourth-order valence-corrected chi connectivity index (χ4v) is 1.45. The Bertz CT molecular complexity index is 382. The quantitative estimate of drug-likeness (QED) is 0.741. The van der Waals surface area contributed by atoms with Gasteiger partial charge in [-0.1, -0.05) is 18.8 Å². The Morgan fingerprint density at radius 3 is 2.56 bits per heavy atom. The van der Waals surface area contributed by atoms with Crippen LogP contribution in [0.1, 0.15) is 40.5 Å². The molecule has 0 radical (unpaired) electrons. The van der Waals surface area contributed by atoms with Gasteiger partial charge in [0.25, 0.3) is 0 Å². The SMILES string of the molecule is CCCC#CC1(O)C(=O)C(OC(C)C)=C1C. The molecule has 0 amide bonds. The monoisotopic (exact) mass is 222 g/mol. The number of carbonyl (C=O) groups is 1. The molecule has 0 saturated heterocycles. The molecule has 0 aromatic heterocycles. The minimum absolute atomic E-state index is 0.0675. The van der Waals surface area contributed by atoms with E-state index in [0.717, 1.165) is 6.42 Å². The maximum absolute atomic E-state index is 11.7. The summed E-state index contributed by atoms with van der Waals surface area (Å²) in [4.78, 5) is 11.7. The first kappa shape index (κ1) is 12.8. The van der Waals surface area contributed by atoms with Crippen molar-refractivity contribution in [2.45, 2.75) is 52.2 Å². The number of carbonyl (C=O) groups excluding carboxylic acids is 1. The zero-order chi connectivity index (χ0) is 12.3. The van der Waals surface area contributed by atoms with Crippen LogP contribution in [0.5, 0.6) is 0 Å². The zero-order valence-electron chi connectivity index (χ0n) is 10.3. The molecule has 0 aromatic rings. The summed E-state index contributed by atoms with van der Waals surface area (Å²) in [6, 6.07) is 0. The molecule has 0 heterocycles. The molecule has 3 heteroatoms. The van der Waals surface area contributed by atoms with Crippen LogP contribution < -0.4 is 0 Å². The van der Waals surface area contributed by atoms with Gasteiger partial charge in [-0.3, -0.25) is 4.79 Å². The van der Waals surface area contributed by atoms with Crippen LogP contribution in [-0.4, -0.2) is 22.6 Å². The summed E-state index contributed by atoms with van der Waals surface area (Å²) in [7, 11) is 0. The molecule has 1 aliphatic carbocycles. The number of hydrogen-bond donors (Lipinski definition) is 1. The normalized spacial score (nSPS) is 24.0. The second-order valence-corrected chi connectivity index (χ2v) is 4.21. The first-order valence-electron chi connectivity index (χ1n) is 5.58. The molecule has 88 valence electrons. The van der Waals surface area contributed by atoms with Crippen molar-refractivity contribution in [2.24, 2.45) is 0 Å². The molecule has 1 N–H and O–H groups in total. The average molecular weight is 222 g/mol. The fraction of sp³-hybridized carbons (Fsp3) is 0.615. The van der Waals surface area contributed by atoms with Crippen molar-refractivity contribution < 1.29 is 14.6 Å². The highest BCUT2D eigenvalue weighted by Gasteiger charge is 2.51. The summed E-state index contributed by atoms with van der Waals surface area (Å²) in [6.45, 7) is 7.36. The van der Waals surface area contributed by atoms with E-state index < -0.39 is 11.4 Å². The van der Waals surface area contributed by atoms with Gasteiger partial charge in [0.1, 0.15) is 0 Å². The number of unbranched alkanes of at least 4 members (excludes halogenated alkanes) is 1.